The van der Waals surface area contributed by atoms with Gasteiger partial charge < -0.3 is 20.1 Å². The number of rotatable bonds is 4. The van der Waals surface area contributed by atoms with Crippen molar-refractivity contribution in [3.8, 4) is 5.88 Å². The lowest BCUT2D eigenvalue weighted by molar-refractivity contribution is -0.146. The number of likely N-dealkylation sites (tertiary alicyclic amines) is 1. The number of urea groups is 1. The van der Waals surface area contributed by atoms with Gasteiger partial charge in [-0.3, -0.25) is 4.79 Å². The highest BCUT2D eigenvalue weighted by Crippen LogP contribution is 2.30. The molecule has 1 unspecified atom stereocenters. The summed E-state index contributed by atoms with van der Waals surface area (Å²) in [4.78, 5) is 29.3. The first-order valence-corrected chi connectivity index (χ1v) is 8.38. The molecule has 1 aromatic rings. The van der Waals surface area contributed by atoms with Crippen LogP contribution in [0.5, 0.6) is 5.88 Å². The van der Waals surface area contributed by atoms with Crippen LogP contribution in [0.25, 0.3) is 0 Å². The van der Waals surface area contributed by atoms with Crippen LogP contribution in [0.1, 0.15) is 39.0 Å². The Kier molecular flexibility index (Phi) is 4.59. The number of nitrogens with one attached hydrogen (secondary N) is 1. The van der Waals surface area contributed by atoms with Gasteiger partial charge in [0.2, 0.25) is 5.88 Å². The van der Waals surface area contributed by atoms with Gasteiger partial charge in [-0.2, -0.15) is 0 Å². The molecule has 0 radical (unpaired) electrons. The molecule has 130 valence electrons. The van der Waals surface area contributed by atoms with Crippen molar-refractivity contribution in [1.82, 2.24) is 9.88 Å². The van der Waals surface area contributed by atoms with E-state index in [0.29, 0.717) is 24.5 Å². The van der Waals surface area contributed by atoms with Gasteiger partial charge in [-0.15, -0.1) is 0 Å². The number of hydrogen-bond acceptors (Lipinski definition) is 4. The highest BCUT2D eigenvalue weighted by molar-refractivity contribution is 5.90. The zero-order valence-corrected chi connectivity index (χ0v) is 13.8. The molecule has 24 heavy (non-hydrogen) atoms. The van der Waals surface area contributed by atoms with E-state index in [-0.39, 0.29) is 18.7 Å². The Hall–Kier alpha value is -2.31. The lowest BCUT2D eigenvalue weighted by Gasteiger charge is -2.20. The summed E-state index contributed by atoms with van der Waals surface area (Å²) in [5, 5.41) is 12.0. The number of carbonyl (C=O) groups excluding carboxylic acids is 1. The number of aliphatic carboxylic acids is 1. The van der Waals surface area contributed by atoms with E-state index in [1.54, 1.807) is 25.3 Å². The summed E-state index contributed by atoms with van der Waals surface area (Å²) < 4.78 is 5.79. The number of nitrogens with zero attached hydrogens (tertiary/aromatic N) is 2. The summed E-state index contributed by atoms with van der Waals surface area (Å²) in [5.41, 5.74) is -0.295. The molecular weight excluding hydrogens is 310 g/mol. The van der Waals surface area contributed by atoms with Gasteiger partial charge in [0.15, 0.2) is 0 Å². The Morgan fingerprint density at radius 2 is 2.12 bits per heavy atom. The Labute approximate surface area is 141 Å². The SMILES string of the molecule is CC1(C(=O)O)CCN(C(=O)Nc2ccc(OC3CCCC3)nc2)C1. The van der Waals surface area contributed by atoms with Gasteiger partial charge in [-0.05, 0) is 45.1 Å². The van der Waals surface area contributed by atoms with Gasteiger partial charge in [-0.1, -0.05) is 0 Å². The zero-order valence-electron chi connectivity index (χ0n) is 13.8. The number of anilines is 1. The number of pyridine rings is 1. The van der Waals surface area contributed by atoms with Crippen molar-refractivity contribution in [2.45, 2.75) is 45.1 Å². The van der Waals surface area contributed by atoms with Crippen molar-refractivity contribution >= 4 is 17.7 Å². The van der Waals surface area contributed by atoms with Crippen molar-refractivity contribution in [1.29, 1.82) is 0 Å². The predicted molar refractivity (Wildman–Crippen MR) is 88.1 cm³/mol. The fourth-order valence-corrected chi connectivity index (χ4v) is 3.21. The Bertz CT molecular complexity index is 613. The third kappa shape index (κ3) is 3.60. The molecule has 1 saturated heterocycles. The monoisotopic (exact) mass is 333 g/mol. The van der Waals surface area contributed by atoms with Crippen molar-refractivity contribution < 1.29 is 19.4 Å². The minimum Gasteiger partial charge on any atom is -0.481 e. The highest BCUT2D eigenvalue weighted by Gasteiger charge is 2.42. The Morgan fingerprint density at radius 1 is 1.38 bits per heavy atom. The topological polar surface area (TPSA) is 91.8 Å². The fourth-order valence-electron chi connectivity index (χ4n) is 3.21. The van der Waals surface area contributed by atoms with E-state index in [2.05, 4.69) is 10.3 Å². The van der Waals surface area contributed by atoms with Crippen molar-refractivity contribution in [3.63, 3.8) is 0 Å². The Morgan fingerprint density at radius 3 is 2.71 bits per heavy atom. The van der Waals surface area contributed by atoms with Gasteiger partial charge in [0.05, 0.1) is 17.3 Å². The molecule has 1 aliphatic heterocycles. The summed E-state index contributed by atoms with van der Waals surface area (Å²) in [5.74, 6) is -0.299. The normalized spacial score (nSPS) is 24.1. The molecule has 2 fully saturated rings. The standard InChI is InChI=1S/C17H23N3O4/c1-17(15(21)22)8-9-20(11-17)16(23)19-12-6-7-14(18-10-12)24-13-4-2-3-5-13/h6-7,10,13H,2-5,8-9,11H2,1H3,(H,19,23)(H,21,22). The molecular formula is C17H23N3O4. The van der Waals surface area contributed by atoms with Crippen LogP contribution in [-0.4, -0.2) is 46.2 Å². The van der Waals surface area contributed by atoms with Crippen molar-refractivity contribution in [3.05, 3.63) is 18.3 Å². The maximum absolute atomic E-state index is 12.3. The molecule has 1 atom stereocenters. The molecule has 0 spiro atoms. The minimum absolute atomic E-state index is 0.213. The van der Waals surface area contributed by atoms with Gasteiger partial charge in [0.25, 0.3) is 0 Å². The summed E-state index contributed by atoms with van der Waals surface area (Å²) in [6.45, 7) is 2.31. The van der Waals surface area contributed by atoms with E-state index in [1.807, 2.05) is 0 Å². The van der Waals surface area contributed by atoms with Gasteiger partial charge in [-0.25, -0.2) is 9.78 Å². The van der Waals surface area contributed by atoms with Crippen LogP contribution in [0.3, 0.4) is 0 Å². The molecule has 2 aliphatic rings. The lowest BCUT2D eigenvalue weighted by Crippen LogP contribution is -2.37. The molecule has 7 heteroatoms. The van der Waals surface area contributed by atoms with E-state index in [1.165, 1.54) is 17.7 Å². The molecule has 1 saturated carbocycles. The minimum atomic E-state index is -0.868. The first-order valence-electron chi connectivity index (χ1n) is 8.38. The van der Waals surface area contributed by atoms with Crippen molar-refractivity contribution in [2.75, 3.05) is 18.4 Å². The highest BCUT2D eigenvalue weighted by atomic mass is 16.5. The Balaban J connectivity index is 1.54. The van der Waals surface area contributed by atoms with Crippen molar-refractivity contribution in [2.24, 2.45) is 5.41 Å². The quantitative estimate of drug-likeness (QED) is 0.884. The fraction of sp³-hybridized carbons (Fsp3) is 0.588. The van der Waals surface area contributed by atoms with Gasteiger partial charge in [0.1, 0.15) is 6.10 Å². The number of carboxylic acid groups (broad SMARTS) is 1. The summed E-state index contributed by atoms with van der Waals surface area (Å²) in [7, 11) is 0. The zero-order chi connectivity index (χ0) is 17.2. The van der Waals surface area contributed by atoms with Crippen LogP contribution >= 0.6 is 0 Å². The molecule has 2 heterocycles. The second kappa shape index (κ2) is 6.67. The summed E-state index contributed by atoms with van der Waals surface area (Å²) in [6, 6.07) is 3.20. The molecule has 7 nitrogen and oxygen atoms in total. The number of hydrogen-bond donors (Lipinski definition) is 2. The second-order valence-electron chi connectivity index (χ2n) is 6.88. The van der Waals surface area contributed by atoms with E-state index >= 15 is 0 Å². The third-order valence-corrected chi connectivity index (χ3v) is 4.85. The van der Waals surface area contributed by atoms with Crippen LogP contribution in [0.2, 0.25) is 0 Å². The van der Waals surface area contributed by atoms with E-state index in [4.69, 9.17) is 4.74 Å². The average molecular weight is 333 g/mol. The summed E-state index contributed by atoms with van der Waals surface area (Å²) in [6.07, 6.45) is 6.80. The van der Waals surface area contributed by atoms with Crippen LogP contribution < -0.4 is 10.1 Å². The number of carbonyl (C=O) groups is 2. The molecule has 1 aromatic heterocycles. The predicted octanol–water partition coefficient (Wildman–Crippen LogP) is 2.73. The van der Waals surface area contributed by atoms with Gasteiger partial charge in [0, 0.05) is 19.2 Å². The molecule has 1 aliphatic carbocycles. The maximum atomic E-state index is 12.3. The lowest BCUT2D eigenvalue weighted by atomic mass is 9.90. The molecule has 2 amide bonds. The van der Waals surface area contributed by atoms with Crippen LogP contribution in [0.15, 0.2) is 18.3 Å². The van der Waals surface area contributed by atoms with Gasteiger partial charge >= 0.3 is 12.0 Å². The smallest absolute Gasteiger partial charge is 0.321 e. The van der Waals surface area contributed by atoms with E-state index in [9.17, 15) is 14.7 Å². The number of aromatic nitrogens is 1. The number of ether oxygens (including phenoxy) is 1. The van der Waals surface area contributed by atoms with Crippen LogP contribution in [0.4, 0.5) is 10.5 Å². The molecule has 0 aromatic carbocycles. The molecule has 0 bridgehead atoms. The maximum Gasteiger partial charge on any atom is 0.321 e. The first-order chi connectivity index (χ1) is 11.5. The first kappa shape index (κ1) is 16.5. The number of carboxylic acids is 1. The summed E-state index contributed by atoms with van der Waals surface area (Å²) >= 11 is 0. The third-order valence-electron chi connectivity index (χ3n) is 4.85. The van der Waals surface area contributed by atoms with Crippen LogP contribution in [-0.2, 0) is 4.79 Å². The molecule has 2 N–H and O–H groups in total. The second-order valence-corrected chi connectivity index (χ2v) is 6.88. The largest absolute Gasteiger partial charge is 0.481 e. The number of amides is 2. The average Bonchev–Trinajstić information content (AvgIpc) is 3.20. The van der Waals surface area contributed by atoms with E-state index < -0.39 is 11.4 Å². The van der Waals surface area contributed by atoms with E-state index in [0.717, 1.165) is 12.8 Å². The molecule has 3 rings (SSSR count). The van der Waals surface area contributed by atoms with Crippen LogP contribution in [0, 0.1) is 5.41 Å².